The van der Waals surface area contributed by atoms with Gasteiger partial charge in [0.25, 0.3) is 0 Å². The van der Waals surface area contributed by atoms with Crippen LogP contribution in [0.5, 0.6) is 0 Å². The number of hydrogen-bond donors (Lipinski definition) is 1. The van der Waals surface area contributed by atoms with Crippen molar-refractivity contribution < 1.29 is 42.2 Å². The number of halogens is 2. The fourth-order valence-electron chi connectivity index (χ4n) is 9.49. The first kappa shape index (κ1) is 32.6. The summed E-state index contributed by atoms with van der Waals surface area (Å²) in [6, 6.07) is 15.8. The molecule has 0 aliphatic heterocycles. The molecule has 250 valence electrons. The highest BCUT2D eigenvalue weighted by atomic mass is 32.2. The van der Waals surface area contributed by atoms with Crippen LogP contribution in [-0.2, 0) is 14.3 Å². The lowest BCUT2D eigenvalue weighted by Gasteiger charge is -2.63. The summed E-state index contributed by atoms with van der Waals surface area (Å²) in [5.74, 6) is -4.52. The van der Waals surface area contributed by atoms with E-state index in [2.05, 4.69) is 0 Å². The SMILES string of the molecule is C[C@@H]1C[C@H]2[C@@H]3C[C@H](F)C4=CC(=O)C=C[C@]4(C)[C@@]3(F)[C@@H](O)C[C@]2(C)[C@@]1(OC(=O)c1ccco1)C(=O)SCC(=O)c1ccc2ccccc2c1. The van der Waals surface area contributed by atoms with E-state index >= 15 is 8.78 Å². The smallest absolute Gasteiger partial charge is 0.375 e. The molecule has 7 nitrogen and oxygen atoms in total. The van der Waals surface area contributed by atoms with Gasteiger partial charge in [0.2, 0.25) is 10.9 Å². The molecule has 0 saturated heterocycles. The Balaban J connectivity index is 1.26. The zero-order chi connectivity index (χ0) is 34.2. The molecular formula is C38H36F2O7S. The van der Waals surface area contributed by atoms with Crippen LogP contribution in [0.2, 0.25) is 0 Å². The minimum absolute atomic E-state index is 0.00297. The molecule has 9 atom stereocenters. The van der Waals surface area contributed by atoms with E-state index in [0.29, 0.717) is 5.56 Å². The predicted octanol–water partition coefficient (Wildman–Crippen LogP) is 7.04. The minimum Gasteiger partial charge on any atom is -0.457 e. The van der Waals surface area contributed by atoms with E-state index in [9.17, 15) is 24.3 Å². The minimum atomic E-state index is -2.37. The first-order valence-corrected chi connectivity index (χ1v) is 17.2. The van der Waals surface area contributed by atoms with Crippen molar-refractivity contribution in [2.24, 2.45) is 28.6 Å². The van der Waals surface area contributed by atoms with Gasteiger partial charge in [-0.05, 0) is 78.8 Å². The number of ether oxygens (including phenoxy) is 1. The molecule has 0 amide bonds. The molecule has 1 heterocycles. The average Bonchev–Trinajstić information content (AvgIpc) is 3.68. The van der Waals surface area contributed by atoms with Gasteiger partial charge >= 0.3 is 5.97 Å². The van der Waals surface area contributed by atoms with Crippen LogP contribution in [0.3, 0.4) is 0 Å². The Morgan fingerprint density at radius 3 is 2.52 bits per heavy atom. The van der Waals surface area contributed by atoms with E-state index in [0.717, 1.165) is 28.6 Å². The lowest BCUT2D eigenvalue weighted by Crippen LogP contribution is -2.70. The number of furan rings is 1. The molecule has 3 aromatic rings. The van der Waals surface area contributed by atoms with Crippen molar-refractivity contribution in [1.82, 2.24) is 0 Å². The van der Waals surface area contributed by atoms with Crippen molar-refractivity contribution in [1.29, 1.82) is 0 Å². The number of Topliss-reactive ketones (excluding diaryl/α,β-unsaturated/α-hetero) is 1. The Labute approximate surface area is 280 Å². The van der Waals surface area contributed by atoms with Gasteiger partial charge in [-0.25, -0.2) is 13.6 Å². The van der Waals surface area contributed by atoms with E-state index in [1.807, 2.05) is 30.3 Å². The highest BCUT2D eigenvalue weighted by molar-refractivity contribution is 8.14. The molecule has 2 aromatic carbocycles. The van der Waals surface area contributed by atoms with E-state index in [4.69, 9.17) is 9.15 Å². The number of rotatable bonds is 6. The van der Waals surface area contributed by atoms with Gasteiger partial charge in [-0.2, -0.15) is 0 Å². The number of aliphatic hydroxyl groups is 1. The average molecular weight is 675 g/mol. The van der Waals surface area contributed by atoms with Gasteiger partial charge in [0.1, 0.15) is 6.17 Å². The Bertz CT molecular complexity index is 1900. The van der Waals surface area contributed by atoms with Crippen LogP contribution in [0.25, 0.3) is 10.8 Å². The lowest BCUT2D eigenvalue weighted by atomic mass is 9.44. The number of carbonyl (C=O) groups excluding carboxylic acids is 4. The summed E-state index contributed by atoms with van der Waals surface area (Å²) in [4.78, 5) is 53.8. The Morgan fingerprint density at radius 1 is 1.04 bits per heavy atom. The van der Waals surface area contributed by atoms with Crippen LogP contribution in [0.4, 0.5) is 8.78 Å². The van der Waals surface area contributed by atoms with Crippen LogP contribution in [0.1, 0.15) is 60.9 Å². The summed E-state index contributed by atoms with van der Waals surface area (Å²) in [6.45, 7) is 4.94. The van der Waals surface area contributed by atoms with Crippen molar-refractivity contribution >= 4 is 45.2 Å². The van der Waals surface area contributed by atoms with Gasteiger partial charge in [-0.3, -0.25) is 14.4 Å². The maximum atomic E-state index is 17.8. The largest absolute Gasteiger partial charge is 0.457 e. The number of alkyl halides is 2. The number of fused-ring (bicyclic) bond motifs is 6. The van der Waals surface area contributed by atoms with Crippen LogP contribution in [-0.4, -0.2) is 57.1 Å². The van der Waals surface area contributed by atoms with Gasteiger partial charge in [-0.1, -0.05) is 68.1 Å². The second kappa shape index (κ2) is 11.3. The molecule has 3 saturated carbocycles. The first-order valence-electron chi connectivity index (χ1n) is 16.2. The number of benzene rings is 2. The summed E-state index contributed by atoms with van der Waals surface area (Å²) in [5.41, 5.74) is -6.83. The summed E-state index contributed by atoms with van der Waals surface area (Å²) < 4.78 is 45.3. The van der Waals surface area contributed by atoms with Crippen LogP contribution in [0, 0.1) is 28.6 Å². The number of aliphatic hydroxyl groups excluding tert-OH is 1. The molecule has 4 aliphatic rings. The Kier molecular flexibility index (Phi) is 7.71. The highest BCUT2D eigenvalue weighted by Crippen LogP contribution is 2.72. The fraction of sp³-hybridized carbons (Fsp3) is 0.421. The molecule has 7 rings (SSSR count). The number of ketones is 2. The maximum Gasteiger partial charge on any atom is 0.375 e. The van der Waals surface area contributed by atoms with Crippen molar-refractivity contribution in [3.8, 4) is 0 Å². The van der Waals surface area contributed by atoms with E-state index in [1.54, 1.807) is 26.0 Å². The van der Waals surface area contributed by atoms with Crippen molar-refractivity contribution in [3.05, 3.63) is 96.0 Å². The second-order valence-corrected chi connectivity index (χ2v) is 15.1. The third-order valence-corrected chi connectivity index (χ3v) is 12.8. The summed E-state index contributed by atoms with van der Waals surface area (Å²) in [5, 5.41) is 13.1. The van der Waals surface area contributed by atoms with E-state index in [-0.39, 0.29) is 42.1 Å². The number of hydrogen-bond acceptors (Lipinski definition) is 8. The fourth-order valence-corrected chi connectivity index (χ4v) is 10.6. The molecule has 3 fully saturated rings. The summed E-state index contributed by atoms with van der Waals surface area (Å²) >= 11 is 0.723. The second-order valence-electron chi connectivity index (χ2n) is 14.2. The monoisotopic (exact) mass is 674 g/mol. The topological polar surface area (TPSA) is 111 Å². The molecule has 10 heteroatoms. The molecule has 0 unspecified atom stereocenters. The van der Waals surface area contributed by atoms with Gasteiger partial charge in [0.15, 0.2) is 22.8 Å². The Morgan fingerprint density at radius 2 is 1.79 bits per heavy atom. The standard InChI is InChI=1S/C38H36F2O7S/c1-21-15-26-27-18-29(39)28-17-25(41)12-13-35(28,2)37(27,40)32(43)19-36(26,3)38(21,47-33(44)31-9-6-14-46-31)34(45)48-20-30(42)24-11-10-22-7-4-5-8-23(22)16-24/h4-14,16-17,21,26-27,29,32,43H,15,18-20H2,1-3H3/t21-,26+,27+,29+,32+,35+,36+,37+,38+/m1/s1. The molecule has 0 radical (unpaired) electrons. The van der Waals surface area contributed by atoms with Gasteiger partial charge in [-0.15, -0.1) is 0 Å². The van der Waals surface area contributed by atoms with Crippen molar-refractivity contribution in [2.45, 2.75) is 63.6 Å². The zero-order valence-electron chi connectivity index (χ0n) is 26.8. The summed E-state index contributed by atoms with van der Waals surface area (Å²) in [6.07, 6.45) is 1.23. The van der Waals surface area contributed by atoms with E-state index in [1.165, 1.54) is 37.5 Å². The first-order chi connectivity index (χ1) is 22.8. The molecule has 48 heavy (non-hydrogen) atoms. The van der Waals surface area contributed by atoms with Crippen molar-refractivity contribution in [3.63, 3.8) is 0 Å². The molecule has 0 bridgehead atoms. The molecule has 0 spiro atoms. The molecular weight excluding hydrogens is 638 g/mol. The summed E-state index contributed by atoms with van der Waals surface area (Å²) in [7, 11) is 0. The normalized spacial score (nSPS) is 36.9. The van der Waals surface area contributed by atoms with Gasteiger partial charge in [0, 0.05) is 28.2 Å². The third kappa shape index (κ3) is 4.47. The number of thioether (sulfide) groups is 1. The highest BCUT2D eigenvalue weighted by Gasteiger charge is 2.78. The number of esters is 1. The third-order valence-electron chi connectivity index (χ3n) is 11.9. The van der Waals surface area contributed by atoms with Crippen molar-refractivity contribution in [2.75, 3.05) is 5.75 Å². The molecule has 1 aromatic heterocycles. The number of carbonyl (C=O) groups is 4. The predicted molar refractivity (Wildman–Crippen MR) is 176 cm³/mol. The van der Waals surface area contributed by atoms with Gasteiger partial charge < -0.3 is 14.3 Å². The zero-order valence-corrected chi connectivity index (χ0v) is 27.6. The molecule has 1 N–H and O–H groups in total. The van der Waals surface area contributed by atoms with Crippen LogP contribution < -0.4 is 0 Å². The molecule has 4 aliphatic carbocycles. The van der Waals surface area contributed by atoms with E-state index < -0.39 is 69.0 Å². The van der Waals surface area contributed by atoms with Crippen LogP contribution >= 0.6 is 11.8 Å². The van der Waals surface area contributed by atoms with Gasteiger partial charge in [0.05, 0.1) is 18.1 Å². The quantitative estimate of drug-likeness (QED) is 0.219. The Hall–Kier alpha value is -3.89. The number of allylic oxidation sites excluding steroid dienone is 4. The van der Waals surface area contributed by atoms with Crippen LogP contribution in [0.15, 0.2) is 89.1 Å². The lowest BCUT2D eigenvalue weighted by molar-refractivity contribution is -0.221. The maximum absolute atomic E-state index is 17.8.